The lowest BCUT2D eigenvalue weighted by Gasteiger charge is -2.30. The Labute approximate surface area is 107 Å². The van der Waals surface area contributed by atoms with E-state index >= 15 is 0 Å². The largest absolute Gasteiger partial charge is 0.397 e. The summed E-state index contributed by atoms with van der Waals surface area (Å²) in [5.41, 5.74) is -0.661. The van der Waals surface area contributed by atoms with Gasteiger partial charge in [0.15, 0.2) is 13.9 Å². The van der Waals surface area contributed by atoms with Crippen LogP contribution in [0.5, 0.6) is 0 Å². The summed E-state index contributed by atoms with van der Waals surface area (Å²) in [6, 6.07) is 8.14. The molecule has 0 aliphatic carbocycles. The molecule has 0 saturated heterocycles. The summed E-state index contributed by atoms with van der Waals surface area (Å²) >= 11 is 0. The highest BCUT2D eigenvalue weighted by atomic mass is 28.4. The zero-order chi connectivity index (χ0) is 14.0. The molecule has 5 nitrogen and oxygen atoms in total. The van der Waals surface area contributed by atoms with Crippen molar-refractivity contribution in [2.75, 3.05) is 0 Å². The quantitative estimate of drug-likeness (QED) is 0.475. The lowest BCUT2D eigenvalue weighted by Crippen LogP contribution is -2.37. The van der Waals surface area contributed by atoms with E-state index < -0.39 is 18.8 Å². The summed E-state index contributed by atoms with van der Waals surface area (Å²) in [4.78, 5) is 10.3. The monoisotopic (exact) mass is 264 g/mol. The molecule has 18 heavy (non-hydrogen) atoms. The Hall–Kier alpha value is -1.71. The third-order valence-corrected chi connectivity index (χ3v) is 3.35. The van der Waals surface area contributed by atoms with E-state index in [-0.39, 0.29) is 5.69 Å². The zero-order valence-corrected chi connectivity index (χ0v) is 11.9. The lowest BCUT2D eigenvalue weighted by atomic mass is 9.97. The molecule has 96 valence electrons. The fourth-order valence-electron chi connectivity index (χ4n) is 1.67. The number of benzene rings is 1. The molecule has 0 aromatic heterocycles. The van der Waals surface area contributed by atoms with Crippen molar-refractivity contribution in [3.8, 4) is 6.07 Å². The minimum absolute atomic E-state index is 0.0341. The van der Waals surface area contributed by atoms with Crippen LogP contribution in [0.2, 0.25) is 19.6 Å². The molecule has 1 rings (SSSR count). The first-order chi connectivity index (χ1) is 8.18. The Bertz CT molecular complexity index is 505. The number of hydrogen-bond acceptors (Lipinski definition) is 4. The van der Waals surface area contributed by atoms with Crippen LogP contribution in [0, 0.1) is 21.4 Å². The molecule has 1 atom stereocenters. The molecular formula is C12H16N2O3Si. The third kappa shape index (κ3) is 3.39. The molecule has 0 fully saturated rings. The predicted molar refractivity (Wildman–Crippen MR) is 70.5 cm³/mol. The molecule has 0 saturated carbocycles. The molecule has 0 aliphatic heterocycles. The van der Waals surface area contributed by atoms with Crippen LogP contribution in [0.4, 0.5) is 5.69 Å². The van der Waals surface area contributed by atoms with Crippen LogP contribution >= 0.6 is 0 Å². The summed E-state index contributed by atoms with van der Waals surface area (Å²) in [5, 5.41) is 20.1. The van der Waals surface area contributed by atoms with Gasteiger partial charge in [-0.2, -0.15) is 5.26 Å². The van der Waals surface area contributed by atoms with E-state index in [0.717, 1.165) is 0 Å². The molecule has 1 aromatic carbocycles. The normalized spacial score (nSPS) is 14.6. The molecule has 0 spiro atoms. The van der Waals surface area contributed by atoms with Crippen molar-refractivity contribution < 1.29 is 9.35 Å². The van der Waals surface area contributed by atoms with Crippen molar-refractivity contribution in [1.82, 2.24) is 0 Å². The Morgan fingerprint density at radius 2 is 2.06 bits per heavy atom. The molecular weight excluding hydrogens is 248 g/mol. The van der Waals surface area contributed by atoms with Crippen molar-refractivity contribution in [2.24, 2.45) is 0 Å². The van der Waals surface area contributed by atoms with E-state index in [1.54, 1.807) is 19.1 Å². The standard InChI is InChI=1S/C12H16N2O3Si/c1-12(9-13,17-18(2,3)4)10-6-5-7-11(8-10)14(15)16/h5-8H,1-4H3. The van der Waals surface area contributed by atoms with Crippen LogP contribution in [-0.4, -0.2) is 13.2 Å². The third-order valence-electron chi connectivity index (χ3n) is 2.33. The highest BCUT2D eigenvalue weighted by molar-refractivity contribution is 6.69. The number of rotatable bonds is 4. The van der Waals surface area contributed by atoms with Crippen molar-refractivity contribution in [1.29, 1.82) is 5.26 Å². The maximum absolute atomic E-state index is 10.7. The number of nitro benzene ring substituents is 1. The van der Waals surface area contributed by atoms with Gasteiger partial charge in [-0.25, -0.2) is 0 Å². The summed E-state index contributed by atoms with van der Waals surface area (Å²) in [6.07, 6.45) is 0. The highest BCUT2D eigenvalue weighted by Crippen LogP contribution is 2.30. The maximum atomic E-state index is 10.7. The van der Waals surface area contributed by atoms with Gasteiger partial charge in [0.25, 0.3) is 5.69 Å². The number of nitro groups is 1. The Balaban J connectivity index is 3.21. The summed E-state index contributed by atoms with van der Waals surface area (Å²) in [7, 11) is -1.93. The topological polar surface area (TPSA) is 76.2 Å². The molecule has 1 aromatic rings. The number of hydrogen-bond donors (Lipinski definition) is 0. The lowest BCUT2D eigenvalue weighted by molar-refractivity contribution is -0.385. The molecule has 0 N–H and O–H groups in total. The van der Waals surface area contributed by atoms with Crippen molar-refractivity contribution >= 4 is 14.0 Å². The maximum Gasteiger partial charge on any atom is 0.269 e. The fraction of sp³-hybridized carbons (Fsp3) is 0.417. The van der Waals surface area contributed by atoms with Crippen LogP contribution in [0.15, 0.2) is 24.3 Å². The average Bonchev–Trinajstić information content (AvgIpc) is 2.27. The van der Waals surface area contributed by atoms with Gasteiger partial charge in [0.2, 0.25) is 0 Å². The SMILES string of the molecule is CC(C#N)(O[Si](C)(C)C)c1cccc([N+](=O)[O-])c1. The smallest absolute Gasteiger partial charge is 0.269 e. The zero-order valence-electron chi connectivity index (χ0n) is 10.9. The first-order valence-electron chi connectivity index (χ1n) is 5.54. The van der Waals surface area contributed by atoms with Gasteiger partial charge in [-0.15, -0.1) is 0 Å². The van der Waals surface area contributed by atoms with E-state index in [0.29, 0.717) is 5.56 Å². The minimum atomic E-state index is -1.93. The minimum Gasteiger partial charge on any atom is -0.397 e. The molecule has 6 heteroatoms. The number of nitriles is 1. The highest BCUT2D eigenvalue weighted by Gasteiger charge is 2.34. The molecule has 0 bridgehead atoms. The van der Waals surface area contributed by atoms with Gasteiger partial charge in [0.1, 0.15) is 6.07 Å². The van der Waals surface area contributed by atoms with E-state index in [4.69, 9.17) is 4.43 Å². The first-order valence-corrected chi connectivity index (χ1v) is 8.95. The van der Waals surface area contributed by atoms with Crippen LogP contribution in [-0.2, 0) is 10.0 Å². The van der Waals surface area contributed by atoms with Gasteiger partial charge in [0.05, 0.1) is 4.92 Å². The van der Waals surface area contributed by atoms with E-state index in [2.05, 4.69) is 6.07 Å². The van der Waals surface area contributed by atoms with Crippen LogP contribution in [0.3, 0.4) is 0 Å². The second-order valence-electron chi connectivity index (χ2n) is 5.17. The second-order valence-corrected chi connectivity index (χ2v) is 9.60. The Morgan fingerprint density at radius 3 is 2.50 bits per heavy atom. The molecule has 0 amide bonds. The van der Waals surface area contributed by atoms with Gasteiger partial charge in [-0.3, -0.25) is 10.1 Å². The number of non-ortho nitro benzene ring substituents is 1. The molecule has 0 aliphatic rings. The van der Waals surface area contributed by atoms with E-state index in [9.17, 15) is 15.4 Å². The van der Waals surface area contributed by atoms with Gasteiger partial charge in [0, 0.05) is 17.7 Å². The Morgan fingerprint density at radius 1 is 1.44 bits per heavy atom. The summed E-state index contributed by atoms with van der Waals surface area (Å²) in [6.45, 7) is 7.56. The van der Waals surface area contributed by atoms with Crippen LogP contribution < -0.4 is 0 Å². The fourth-order valence-corrected chi connectivity index (χ4v) is 3.06. The van der Waals surface area contributed by atoms with E-state index in [1.165, 1.54) is 12.1 Å². The predicted octanol–water partition coefficient (Wildman–Crippen LogP) is 3.19. The average molecular weight is 264 g/mol. The Kier molecular flexibility index (Phi) is 3.89. The van der Waals surface area contributed by atoms with Crippen molar-refractivity contribution in [3.63, 3.8) is 0 Å². The second kappa shape index (κ2) is 4.88. The van der Waals surface area contributed by atoms with Gasteiger partial charge in [-0.1, -0.05) is 12.1 Å². The van der Waals surface area contributed by atoms with Crippen molar-refractivity contribution in [3.05, 3.63) is 39.9 Å². The molecule has 0 heterocycles. The van der Waals surface area contributed by atoms with Gasteiger partial charge >= 0.3 is 0 Å². The molecule has 1 unspecified atom stereocenters. The van der Waals surface area contributed by atoms with Crippen LogP contribution in [0.25, 0.3) is 0 Å². The van der Waals surface area contributed by atoms with Gasteiger partial charge < -0.3 is 4.43 Å². The first kappa shape index (κ1) is 14.3. The number of nitrogens with zero attached hydrogens (tertiary/aromatic N) is 2. The summed E-state index contributed by atoms with van der Waals surface area (Å²) in [5.74, 6) is 0. The molecule has 0 radical (unpaired) electrons. The van der Waals surface area contributed by atoms with Gasteiger partial charge in [-0.05, 0) is 26.6 Å². The van der Waals surface area contributed by atoms with Crippen molar-refractivity contribution in [2.45, 2.75) is 32.2 Å². The van der Waals surface area contributed by atoms with Crippen LogP contribution in [0.1, 0.15) is 12.5 Å². The van der Waals surface area contributed by atoms with E-state index in [1.807, 2.05) is 19.6 Å². The summed E-state index contributed by atoms with van der Waals surface area (Å²) < 4.78 is 5.85.